The van der Waals surface area contributed by atoms with Gasteiger partial charge in [0.05, 0.1) is 52.4 Å². The molecule has 0 fully saturated rings. The summed E-state index contributed by atoms with van der Waals surface area (Å²) in [6, 6.07) is 43.8. The number of thiophene rings is 2. The number of carbonyl (C=O) groups excluding carboxylic acids is 6. The van der Waals surface area contributed by atoms with E-state index >= 15 is 0 Å². The van der Waals surface area contributed by atoms with Crippen LogP contribution in [0.4, 0.5) is 9.59 Å². The average molecular weight is 899 g/mol. The van der Waals surface area contributed by atoms with Crippen LogP contribution in [-0.4, -0.2) is 44.5 Å². The predicted molar refractivity (Wildman–Crippen MR) is 256 cm³/mol. The summed E-state index contributed by atoms with van der Waals surface area (Å²) in [6.45, 7) is -0.0861. The van der Waals surface area contributed by atoms with E-state index in [1.54, 1.807) is 36.4 Å². The van der Waals surface area contributed by atoms with Gasteiger partial charge in [-0.15, -0.1) is 22.7 Å². The molecule has 12 heteroatoms. The monoisotopic (exact) mass is 898 g/mol. The van der Waals surface area contributed by atoms with Crippen molar-refractivity contribution in [3.63, 3.8) is 0 Å². The van der Waals surface area contributed by atoms with Gasteiger partial charge < -0.3 is 9.47 Å². The third-order valence-electron chi connectivity index (χ3n) is 12.1. The second-order valence-electron chi connectivity index (χ2n) is 16.1. The Balaban J connectivity index is 1.01. The highest BCUT2D eigenvalue weighted by molar-refractivity contribution is 7.36. The molecule has 2 aliphatic carbocycles. The van der Waals surface area contributed by atoms with Crippen molar-refractivity contribution >= 4 is 122 Å². The fourth-order valence-electron chi connectivity index (χ4n) is 8.97. The first-order chi connectivity index (χ1) is 32.2. The number of nitrogens with zero attached hydrogens (tertiary/aromatic N) is 2. The number of Topliss-reactive ketones (excluding diaryl/α,β-unsaturated/α-hetero) is 4. The number of hydrogen-bond donors (Lipinski definition) is 0. The molecule has 0 unspecified atom stereocenters. The zero-order valence-corrected chi connectivity index (χ0v) is 36.0. The lowest BCUT2D eigenvalue weighted by Gasteiger charge is -2.09. The summed E-state index contributed by atoms with van der Waals surface area (Å²) in [5, 5.41) is 3.30. The van der Waals surface area contributed by atoms with E-state index in [2.05, 4.69) is 0 Å². The lowest BCUT2D eigenvalue weighted by molar-refractivity contribution is 0.0975. The van der Waals surface area contributed by atoms with E-state index in [0.29, 0.717) is 52.1 Å². The van der Waals surface area contributed by atoms with Gasteiger partial charge in [0.1, 0.15) is 13.2 Å². The molecule has 6 aromatic carbocycles. The van der Waals surface area contributed by atoms with E-state index in [4.69, 9.17) is 9.47 Å². The zero-order valence-electron chi connectivity index (χ0n) is 34.4. The lowest BCUT2D eigenvalue weighted by Crippen LogP contribution is -2.15. The molecule has 4 heterocycles. The molecule has 0 spiro atoms. The third kappa shape index (κ3) is 6.21. The second kappa shape index (κ2) is 15.2. The minimum Gasteiger partial charge on any atom is -0.444 e. The maximum Gasteiger partial charge on any atom is 0.419 e. The number of hydrogen-bond acceptors (Lipinski definition) is 10. The Morgan fingerprint density at radius 1 is 0.439 bits per heavy atom. The van der Waals surface area contributed by atoms with Crippen LogP contribution in [0.15, 0.2) is 157 Å². The molecule has 0 radical (unpaired) electrons. The Labute approximate surface area is 381 Å². The molecule has 12 rings (SSSR count). The normalized spacial score (nSPS) is 13.5. The Kier molecular flexibility index (Phi) is 9.02. The third-order valence-corrected chi connectivity index (χ3v) is 14.5. The Bertz CT molecular complexity index is 3520. The van der Waals surface area contributed by atoms with Gasteiger partial charge in [-0.2, -0.15) is 0 Å². The minimum absolute atomic E-state index is 0.0431. The molecule has 0 saturated heterocycles. The zero-order chi connectivity index (χ0) is 44.8. The van der Waals surface area contributed by atoms with Gasteiger partial charge in [-0.25, -0.2) is 18.7 Å². The molecular weight excluding hydrogens is 869 g/mol. The topological polar surface area (TPSA) is 131 Å². The standard InChI is InChI=1S/C54H30N2O8S2/c57-47-37-19-31-15-7-8-16-32(31)20-38(37)48(58)41(47)23-35-25-43-45(55(35)53(61)63-27-29-11-3-1-4-12-29)51-52(65-43)46-44(66-51)26-36(56(46)54(62)64-28-30-13-5-2-6-14-30)24-42-49(59)39-21-33-17-9-10-18-34(33)22-40(39)50(42)60/h1-26H,27-28H2. The highest BCUT2D eigenvalue weighted by atomic mass is 32.1. The van der Waals surface area contributed by atoms with Crippen LogP contribution in [0, 0.1) is 0 Å². The fourth-order valence-corrected chi connectivity index (χ4v) is 11.7. The molecular formula is C54H30N2O8S2. The molecule has 10 nitrogen and oxygen atoms in total. The first-order valence-electron chi connectivity index (χ1n) is 20.9. The molecule has 66 heavy (non-hydrogen) atoms. The summed E-state index contributed by atoms with van der Waals surface area (Å²) in [5.41, 5.74) is 4.02. The fraction of sp³-hybridized carbons (Fsp3) is 0.0370. The van der Waals surface area contributed by atoms with Crippen molar-refractivity contribution in [1.29, 1.82) is 0 Å². The average Bonchev–Trinajstić information content (AvgIpc) is 4.15. The molecule has 0 atom stereocenters. The van der Waals surface area contributed by atoms with Crippen molar-refractivity contribution in [2.75, 3.05) is 0 Å². The number of carbonyl (C=O) groups is 6. The van der Waals surface area contributed by atoms with Crippen molar-refractivity contribution < 1.29 is 38.2 Å². The number of benzene rings is 6. The van der Waals surface area contributed by atoms with Gasteiger partial charge in [0, 0.05) is 22.3 Å². The number of allylic oxidation sites excluding steroid dienone is 2. The van der Waals surface area contributed by atoms with E-state index in [1.807, 2.05) is 109 Å². The molecule has 0 N–H and O–H groups in total. The summed E-state index contributed by atoms with van der Waals surface area (Å²) >= 11 is 2.61. The van der Waals surface area contributed by atoms with E-state index in [9.17, 15) is 28.8 Å². The molecule has 4 aromatic heterocycles. The van der Waals surface area contributed by atoms with Gasteiger partial charge in [0.2, 0.25) is 0 Å². The van der Waals surface area contributed by atoms with Crippen LogP contribution in [-0.2, 0) is 22.7 Å². The summed E-state index contributed by atoms with van der Waals surface area (Å²) in [4.78, 5) is 84.6. The highest BCUT2D eigenvalue weighted by Crippen LogP contribution is 2.47. The van der Waals surface area contributed by atoms with E-state index < -0.39 is 35.3 Å². The van der Waals surface area contributed by atoms with Crippen LogP contribution in [0.5, 0.6) is 0 Å². The van der Waals surface area contributed by atoms with Gasteiger partial charge in [-0.05, 0) is 81.2 Å². The summed E-state index contributed by atoms with van der Waals surface area (Å²) in [6.07, 6.45) is 1.43. The van der Waals surface area contributed by atoms with E-state index in [-0.39, 0.29) is 35.7 Å². The molecule has 0 saturated carbocycles. The van der Waals surface area contributed by atoms with Crippen molar-refractivity contribution in [2.24, 2.45) is 0 Å². The predicted octanol–water partition coefficient (Wildman–Crippen LogP) is 12.5. The largest absolute Gasteiger partial charge is 0.444 e. The maximum absolute atomic E-state index is 14.4. The highest BCUT2D eigenvalue weighted by Gasteiger charge is 2.36. The van der Waals surface area contributed by atoms with Crippen molar-refractivity contribution in [2.45, 2.75) is 13.2 Å². The molecule has 2 aliphatic rings. The van der Waals surface area contributed by atoms with Gasteiger partial charge in [-0.1, -0.05) is 109 Å². The van der Waals surface area contributed by atoms with Gasteiger partial charge in [0.25, 0.3) is 0 Å². The van der Waals surface area contributed by atoms with E-state index in [0.717, 1.165) is 32.7 Å². The van der Waals surface area contributed by atoms with Crippen LogP contribution in [0.1, 0.15) is 63.9 Å². The molecule has 0 amide bonds. The maximum atomic E-state index is 14.4. The van der Waals surface area contributed by atoms with Gasteiger partial charge >= 0.3 is 12.2 Å². The summed E-state index contributed by atoms with van der Waals surface area (Å²) in [7, 11) is 0. The summed E-state index contributed by atoms with van der Waals surface area (Å²) in [5.74, 6) is -1.77. The molecule has 0 bridgehead atoms. The Hall–Kier alpha value is -8.32. The van der Waals surface area contributed by atoms with Crippen molar-refractivity contribution in [3.8, 4) is 0 Å². The van der Waals surface area contributed by atoms with Crippen molar-refractivity contribution in [1.82, 2.24) is 9.13 Å². The lowest BCUT2D eigenvalue weighted by atomic mass is 10.0. The number of ketones is 4. The van der Waals surface area contributed by atoms with Gasteiger partial charge in [0.15, 0.2) is 23.1 Å². The first kappa shape index (κ1) is 39.3. The number of fused-ring (bicyclic) bond motifs is 9. The smallest absolute Gasteiger partial charge is 0.419 e. The Morgan fingerprint density at radius 3 is 1.09 bits per heavy atom. The van der Waals surface area contributed by atoms with E-state index in [1.165, 1.54) is 44.0 Å². The van der Waals surface area contributed by atoms with Gasteiger partial charge in [-0.3, -0.25) is 19.2 Å². The second-order valence-corrected chi connectivity index (χ2v) is 18.2. The summed E-state index contributed by atoms with van der Waals surface area (Å²) < 4.78 is 17.1. The number of aromatic nitrogens is 2. The number of rotatable bonds is 6. The molecule has 316 valence electrons. The molecule has 0 aliphatic heterocycles. The van der Waals surface area contributed by atoms with Crippen LogP contribution in [0.3, 0.4) is 0 Å². The van der Waals surface area contributed by atoms with Crippen molar-refractivity contribution in [3.05, 3.63) is 202 Å². The number of ether oxygens (including phenoxy) is 2. The van der Waals surface area contributed by atoms with Crippen LogP contribution in [0.25, 0.3) is 63.5 Å². The quantitative estimate of drug-likeness (QED) is 0.119. The van der Waals surface area contributed by atoms with Crippen LogP contribution >= 0.6 is 22.7 Å². The first-order valence-corrected chi connectivity index (χ1v) is 22.6. The Morgan fingerprint density at radius 2 is 0.758 bits per heavy atom. The minimum atomic E-state index is -0.735. The van der Waals surface area contributed by atoms with Crippen LogP contribution < -0.4 is 0 Å². The SMILES string of the molecule is O=C1C(=Cc2cc3sc4c(sc5cc(C=C6C(=O)c7cc8ccccc8cc7C6=O)n(C(=O)OCc6ccccc6)c54)c3n2C(=O)OCc2ccccc2)C(=O)c2cc3ccccc3cc21. The molecule has 10 aromatic rings. The van der Waals surface area contributed by atoms with Crippen LogP contribution in [0.2, 0.25) is 0 Å².